The van der Waals surface area contributed by atoms with Gasteiger partial charge in [-0.1, -0.05) is 55.1 Å². The van der Waals surface area contributed by atoms with Crippen LogP contribution in [0.2, 0.25) is 0 Å². The monoisotopic (exact) mass is 414 g/mol. The smallest absolute Gasteiger partial charge is 0.233 e. The van der Waals surface area contributed by atoms with Gasteiger partial charge in [0, 0.05) is 24.4 Å². The molecule has 0 fully saturated rings. The first-order valence-corrected chi connectivity index (χ1v) is 11.4. The van der Waals surface area contributed by atoms with Gasteiger partial charge in [-0.2, -0.15) is 0 Å². The van der Waals surface area contributed by atoms with Gasteiger partial charge < -0.3 is 9.88 Å². The lowest BCUT2D eigenvalue weighted by Crippen LogP contribution is -2.31. The Morgan fingerprint density at radius 2 is 2.04 bits per heavy atom. The molecule has 1 unspecified atom stereocenters. The number of aromatic nitrogens is 3. The van der Waals surface area contributed by atoms with Gasteiger partial charge in [0.1, 0.15) is 5.82 Å². The molecule has 0 bridgehead atoms. The number of nitrogens with one attached hydrogen (secondary N) is 1. The molecule has 1 amide bonds. The lowest BCUT2D eigenvalue weighted by molar-refractivity contribution is -0.120. The van der Waals surface area contributed by atoms with Crippen LogP contribution in [0.1, 0.15) is 36.5 Å². The molecule has 0 radical (unpaired) electrons. The number of thiophene rings is 1. The first-order valence-electron chi connectivity index (χ1n) is 9.60. The van der Waals surface area contributed by atoms with Crippen molar-refractivity contribution in [2.24, 2.45) is 0 Å². The molecule has 0 saturated heterocycles. The van der Waals surface area contributed by atoms with Crippen molar-refractivity contribution < 1.29 is 4.79 Å². The summed E-state index contributed by atoms with van der Waals surface area (Å²) in [6.07, 6.45) is 2.60. The van der Waals surface area contributed by atoms with Crippen molar-refractivity contribution in [1.29, 1.82) is 0 Å². The topological polar surface area (TPSA) is 59.8 Å². The summed E-state index contributed by atoms with van der Waals surface area (Å²) in [5.74, 6) is 0.992. The Hall–Kier alpha value is -2.12. The molecule has 1 N–H and O–H groups in total. The van der Waals surface area contributed by atoms with E-state index >= 15 is 0 Å². The number of carbonyl (C=O) groups excluding carboxylic acids is 1. The maximum Gasteiger partial charge on any atom is 0.233 e. The van der Waals surface area contributed by atoms with E-state index in [1.165, 1.54) is 22.2 Å². The molecular formula is C21H26N4OS2. The van der Waals surface area contributed by atoms with Crippen LogP contribution < -0.4 is 5.32 Å². The van der Waals surface area contributed by atoms with E-state index in [2.05, 4.69) is 68.8 Å². The average Bonchev–Trinajstić information content (AvgIpc) is 3.36. The number of carbonyl (C=O) groups is 1. The molecule has 1 atom stereocenters. The molecule has 0 aliphatic rings. The number of rotatable bonds is 10. The van der Waals surface area contributed by atoms with Crippen molar-refractivity contribution in [1.82, 2.24) is 20.1 Å². The van der Waals surface area contributed by atoms with Crippen molar-refractivity contribution in [3.63, 3.8) is 0 Å². The molecule has 3 aromatic rings. The molecule has 2 aromatic heterocycles. The lowest BCUT2D eigenvalue weighted by Gasteiger charge is -2.13. The second-order valence-corrected chi connectivity index (χ2v) is 8.93. The minimum Gasteiger partial charge on any atom is -0.355 e. The number of amides is 1. The van der Waals surface area contributed by atoms with E-state index in [0.717, 1.165) is 36.8 Å². The Kier molecular flexibility index (Phi) is 7.68. The summed E-state index contributed by atoms with van der Waals surface area (Å²) in [4.78, 5) is 13.5. The first-order chi connectivity index (χ1) is 13.7. The number of thioether (sulfide) groups is 1. The van der Waals surface area contributed by atoms with E-state index in [4.69, 9.17) is 0 Å². The standard InChI is InChI=1S/C21H26N4OS2/c1-3-12-22-20(26)16(2)28-21-24-23-19(15-18-10-7-14-27-18)25(21)13-11-17-8-5-4-6-9-17/h4-10,14,16H,3,11-13,15H2,1-2H3,(H,22,26). The SMILES string of the molecule is CCCNC(=O)C(C)Sc1nnc(Cc2cccs2)n1CCc1ccccc1. The van der Waals surface area contributed by atoms with Gasteiger partial charge in [-0.25, -0.2) is 0 Å². The predicted molar refractivity (Wildman–Crippen MR) is 116 cm³/mol. The van der Waals surface area contributed by atoms with E-state index in [1.807, 2.05) is 13.0 Å². The molecule has 148 valence electrons. The third-order valence-electron chi connectivity index (χ3n) is 4.37. The maximum atomic E-state index is 12.3. The lowest BCUT2D eigenvalue weighted by atomic mass is 10.1. The van der Waals surface area contributed by atoms with Crippen LogP contribution in [-0.2, 0) is 24.2 Å². The van der Waals surface area contributed by atoms with Crippen LogP contribution in [0.25, 0.3) is 0 Å². The number of nitrogens with zero attached hydrogens (tertiary/aromatic N) is 3. The molecule has 0 saturated carbocycles. The molecule has 7 heteroatoms. The zero-order valence-corrected chi connectivity index (χ0v) is 17.9. The van der Waals surface area contributed by atoms with Gasteiger partial charge in [0.15, 0.2) is 5.16 Å². The third-order valence-corrected chi connectivity index (χ3v) is 6.33. The molecule has 0 aliphatic carbocycles. The fraction of sp³-hybridized carbons (Fsp3) is 0.381. The third kappa shape index (κ3) is 5.69. The first kappa shape index (κ1) is 20.6. The van der Waals surface area contributed by atoms with Crippen molar-refractivity contribution >= 4 is 29.0 Å². The van der Waals surface area contributed by atoms with Crippen molar-refractivity contribution in [2.45, 2.75) is 50.1 Å². The quantitative estimate of drug-likeness (QED) is 0.506. The number of hydrogen-bond acceptors (Lipinski definition) is 5. The fourth-order valence-corrected chi connectivity index (χ4v) is 4.44. The Bertz CT molecular complexity index is 862. The van der Waals surface area contributed by atoms with E-state index < -0.39 is 0 Å². The van der Waals surface area contributed by atoms with Crippen molar-refractivity contribution in [3.8, 4) is 0 Å². The highest BCUT2D eigenvalue weighted by molar-refractivity contribution is 8.00. The summed E-state index contributed by atoms with van der Waals surface area (Å²) in [5.41, 5.74) is 1.28. The van der Waals surface area contributed by atoms with E-state index in [9.17, 15) is 4.79 Å². The summed E-state index contributed by atoms with van der Waals surface area (Å²) in [6.45, 7) is 5.47. The Labute approximate surface area is 174 Å². The van der Waals surface area contributed by atoms with Crippen LogP contribution >= 0.6 is 23.1 Å². The largest absolute Gasteiger partial charge is 0.355 e. The molecule has 3 rings (SSSR count). The molecule has 0 aliphatic heterocycles. The maximum absolute atomic E-state index is 12.3. The second kappa shape index (κ2) is 10.4. The summed E-state index contributed by atoms with van der Waals surface area (Å²) in [5, 5.41) is 14.5. The normalized spacial score (nSPS) is 12.1. The molecular weight excluding hydrogens is 388 g/mol. The molecule has 0 spiro atoms. The molecule has 5 nitrogen and oxygen atoms in total. The molecule has 28 heavy (non-hydrogen) atoms. The summed E-state index contributed by atoms with van der Waals surface area (Å²) in [7, 11) is 0. The van der Waals surface area contributed by atoms with Crippen molar-refractivity contribution in [2.75, 3.05) is 6.54 Å². The average molecular weight is 415 g/mol. The van der Waals surface area contributed by atoms with Crippen LogP contribution in [0.3, 0.4) is 0 Å². The van der Waals surface area contributed by atoms with Gasteiger partial charge in [0.05, 0.1) is 5.25 Å². The van der Waals surface area contributed by atoms with Gasteiger partial charge in [-0.3, -0.25) is 4.79 Å². The minimum atomic E-state index is -0.208. The number of aryl methyl sites for hydroxylation is 1. The summed E-state index contributed by atoms with van der Waals surface area (Å²) >= 11 is 3.20. The number of hydrogen-bond donors (Lipinski definition) is 1. The van der Waals surface area contributed by atoms with Crippen LogP contribution in [0.5, 0.6) is 0 Å². The van der Waals surface area contributed by atoms with E-state index in [-0.39, 0.29) is 11.2 Å². The predicted octanol–water partition coefficient (Wildman–Crippen LogP) is 4.18. The Morgan fingerprint density at radius 1 is 1.21 bits per heavy atom. The van der Waals surface area contributed by atoms with Crippen LogP contribution in [0.15, 0.2) is 53.0 Å². The highest BCUT2D eigenvalue weighted by atomic mass is 32.2. The highest BCUT2D eigenvalue weighted by Crippen LogP contribution is 2.24. The van der Waals surface area contributed by atoms with Gasteiger partial charge in [-0.05, 0) is 36.8 Å². The molecule has 1 aromatic carbocycles. The Morgan fingerprint density at radius 3 is 2.75 bits per heavy atom. The Balaban J connectivity index is 1.76. The van der Waals surface area contributed by atoms with Crippen LogP contribution in [0, 0.1) is 0 Å². The van der Waals surface area contributed by atoms with Gasteiger partial charge in [0.2, 0.25) is 5.91 Å². The fourth-order valence-electron chi connectivity index (χ4n) is 2.82. The summed E-state index contributed by atoms with van der Waals surface area (Å²) < 4.78 is 2.17. The van der Waals surface area contributed by atoms with Crippen LogP contribution in [-0.4, -0.2) is 32.5 Å². The highest BCUT2D eigenvalue weighted by Gasteiger charge is 2.20. The minimum absolute atomic E-state index is 0.0456. The van der Waals surface area contributed by atoms with Gasteiger partial charge >= 0.3 is 0 Å². The van der Waals surface area contributed by atoms with E-state index in [0.29, 0.717) is 6.54 Å². The van der Waals surface area contributed by atoms with Crippen molar-refractivity contribution in [3.05, 3.63) is 64.1 Å². The van der Waals surface area contributed by atoms with Gasteiger partial charge in [0.25, 0.3) is 0 Å². The zero-order valence-electron chi connectivity index (χ0n) is 16.3. The zero-order chi connectivity index (χ0) is 19.8. The van der Waals surface area contributed by atoms with Gasteiger partial charge in [-0.15, -0.1) is 21.5 Å². The molecule has 2 heterocycles. The number of benzene rings is 1. The second-order valence-electron chi connectivity index (χ2n) is 6.59. The van der Waals surface area contributed by atoms with E-state index in [1.54, 1.807) is 11.3 Å². The summed E-state index contributed by atoms with van der Waals surface area (Å²) in [6, 6.07) is 14.6. The van der Waals surface area contributed by atoms with Crippen LogP contribution in [0.4, 0.5) is 0 Å².